The van der Waals surface area contributed by atoms with E-state index in [1.165, 1.54) is 11.3 Å². The van der Waals surface area contributed by atoms with Gasteiger partial charge in [0.25, 0.3) is 0 Å². The van der Waals surface area contributed by atoms with E-state index in [1.54, 1.807) is 0 Å². The van der Waals surface area contributed by atoms with E-state index < -0.39 is 0 Å². The second kappa shape index (κ2) is 6.66. The van der Waals surface area contributed by atoms with Crippen LogP contribution >= 0.6 is 27.3 Å². The van der Waals surface area contributed by atoms with Gasteiger partial charge in [0.05, 0.1) is 11.0 Å². The number of alkyl halides is 1. The molecular formula is C13H23BrN2OS. The Morgan fingerprint density at radius 1 is 1.33 bits per heavy atom. The van der Waals surface area contributed by atoms with E-state index in [1.807, 2.05) is 26.2 Å². The van der Waals surface area contributed by atoms with Gasteiger partial charge in [0.2, 0.25) is 0 Å². The van der Waals surface area contributed by atoms with Crippen LogP contribution in [-0.4, -0.2) is 16.1 Å². The van der Waals surface area contributed by atoms with Gasteiger partial charge in [-0.1, -0.05) is 57.5 Å². The highest BCUT2D eigenvalue weighted by Crippen LogP contribution is 2.24. The summed E-state index contributed by atoms with van der Waals surface area (Å²) in [5.74, 6) is 0.248. The minimum absolute atomic E-state index is 0.133. The topological polar surface area (TPSA) is 56.0 Å². The largest absolute Gasteiger partial charge is 0.375 e. The Bertz CT molecular complexity index is 388. The number of carbonyl (C=O) groups excluding carboxylic acids is 1. The maximum atomic E-state index is 10.8. The third-order valence-electron chi connectivity index (χ3n) is 2.25. The van der Waals surface area contributed by atoms with E-state index in [4.69, 9.17) is 5.73 Å². The molecule has 0 saturated carbocycles. The molecule has 18 heavy (non-hydrogen) atoms. The summed E-state index contributed by atoms with van der Waals surface area (Å²) in [5.41, 5.74) is 6.52. The summed E-state index contributed by atoms with van der Waals surface area (Å²) in [6, 6.07) is 0. The zero-order valence-electron chi connectivity index (χ0n) is 12.0. The number of Topliss-reactive ketones (excluding diaryl/α,β-unsaturated/α-hetero) is 1. The zero-order valence-corrected chi connectivity index (χ0v) is 14.4. The third kappa shape index (κ3) is 6.50. The molecule has 0 radical (unpaired) electrons. The van der Waals surface area contributed by atoms with Gasteiger partial charge in [-0.2, -0.15) is 0 Å². The van der Waals surface area contributed by atoms with Gasteiger partial charge in [0, 0.05) is 16.2 Å². The molecule has 5 heteroatoms. The molecule has 0 fully saturated rings. The van der Waals surface area contributed by atoms with Crippen LogP contribution in [-0.2, 0) is 10.2 Å². The summed E-state index contributed by atoms with van der Waals surface area (Å²) in [6.07, 6.45) is 0. The summed E-state index contributed by atoms with van der Waals surface area (Å²) in [4.78, 5) is 15.0. The van der Waals surface area contributed by atoms with Crippen LogP contribution in [0.25, 0.3) is 0 Å². The second-order valence-corrected chi connectivity index (χ2v) is 7.58. The normalized spacial score (nSPS) is 11.7. The Morgan fingerprint density at radius 2 is 1.83 bits per heavy atom. The number of nitrogens with two attached hydrogens (primary N) is 1. The SMILES string of the molecule is CC(C)(C)C(=O)CBr.CC(C)(C)c1csc(N)n1. The zero-order chi connectivity index (χ0) is 14.6. The molecule has 3 nitrogen and oxygen atoms in total. The molecule has 0 bridgehead atoms. The smallest absolute Gasteiger partial charge is 0.180 e. The molecule has 0 saturated heterocycles. The van der Waals surface area contributed by atoms with Gasteiger partial charge >= 0.3 is 0 Å². The summed E-state index contributed by atoms with van der Waals surface area (Å²) < 4.78 is 0. The van der Waals surface area contributed by atoms with Crippen molar-refractivity contribution < 1.29 is 4.79 Å². The quantitative estimate of drug-likeness (QED) is 0.789. The molecule has 0 aliphatic heterocycles. The fourth-order valence-corrected chi connectivity index (χ4v) is 2.46. The third-order valence-corrected chi connectivity index (χ3v) is 3.43. The number of nitrogens with zero attached hydrogens (tertiary/aromatic N) is 1. The number of rotatable bonds is 1. The van der Waals surface area contributed by atoms with E-state index in [0.717, 1.165) is 5.69 Å². The number of anilines is 1. The fraction of sp³-hybridized carbons (Fsp3) is 0.692. The van der Waals surface area contributed by atoms with Crippen LogP contribution in [0, 0.1) is 5.41 Å². The highest BCUT2D eigenvalue weighted by atomic mass is 79.9. The van der Waals surface area contributed by atoms with Crippen LogP contribution < -0.4 is 5.73 Å². The van der Waals surface area contributed by atoms with Gasteiger partial charge in [-0.05, 0) is 0 Å². The lowest BCUT2D eigenvalue weighted by atomic mass is 9.92. The maximum absolute atomic E-state index is 10.8. The molecule has 0 amide bonds. The number of thiazole rings is 1. The van der Waals surface area contributed by atoms with Gasteiger partial charge in [-0.25, -0.2) is 4.98 Å². The van der Waals surface area contributed by atoms with Crippen molar-refractivity contribution in [3.63, 3.8) is 0 Å². The average molecular weight is 335 g/mol. The average Bonchev–Trinajstić information content (AvgIpc) is 2.62. The van der Waals surface area contributed by atoms with E-state index in [0.29, 0.717) is 10.5 Å². The first kappa shape index (κ1) is 17.6. The molecule has 0 aliphatic rings. The summed E-state index contributed by atoms with van der Waals surface area (Å²) in [7, 11) is 0. The molecular weight excluding hydrogens is 312 g/mol. The number of hydrogen-bond donors (Lipinski definition) is 1. The van der Waals surface area contributed by atoms with Crippen LogP contribution in [0.1, 0.15) is 47.2 Å². The van der Waals surface area contributed by atoms with Crippen molar-refractivity contribution in [3.8, 4) is 0 Å². The van der Waals surface area contributed by atoms with E-state index in [9.17, 15) is 4.79 Å². The van der Waals surface area contributed by atoms with E-state index in [2.05, 4.69) is 41.7 Å². The lowest BCUT2D eigenvalue weighted by molar-refractivity contribution is -0.123. The molecule has 1 rings (SSSR count). The Hall–Kier alpha value is -0.420. The first-order valence-corrected chi connectivity index (χ1v) is 7.79. The highest BCUT2D eigenvalue weighted by Gasteiger charge is 2.18. The monoisotopic (exact) mass is 334 g/mol. The van der Waals surface area contributed by atoms with Crippen molar-refractivity contribution in [1.82, 2.24) is 4.98 Å². The highest BCUT2D eigenvalue weighted by molar-refractivity contribution is 9.09. The van der Waals surface area contributed by atoms with Gasteiger partial charge in [-0.3, -0.25) is 4.79 Å². The molecule has 0 aromatic carbocycles. The number of ketones is 1. The van der Waals surface area contributed by atoms with Crippen LogP contribution in [0.2, 0.25) is 0 Å². The van der Waals surface area contributed by atoms with Crippen molar-refractivity contribution in [2.24, 2.45) is 5.41 Å². The van der Waals surface area contributed by atoms with Crippen molar-refractivity contribution in [3.05, 3.63) is 11.1 Å². The molecule has 0 spiro atoms. The number of nitrogen functional groups attached to an aromatic ring is 1. The van der Waals surface area contributed by atoms with Gasteiger partial charge in [-0.15, -0.1) is 11.3 Å². The molecule has 0 atom stereocenters. The number of aromatic nitrogens is 1. The van der Waals surface area contributed by atoms with Gasteiger partial charge in [0.15, 0.2) is 5.13 Å². The lowest BCUT2D eigenvalue weighted by Crippen LogP contribution is -2.20. The predicted molar refractivity (Wildman–Crippen MR) is 83.5 cm³/mol. The van der Waals surface area contributed by atoms with Gasteiger partial charge < -0.3 is 5.73 Å². The first-order chi connectivity index (χ1) is 7.98. The first-order valence-electron chi connectivity index (χ1n) is 5.79. The number of hydrogen-bond acceptors (Lipinski definition) is 4. The standard InChI is InChI=1S/C7H12N2S.C6H11BrO/c1-7(2,3)5-4-10-6(8)9-5;1-6(2,3)5(8)4-7/h4H,1-3H3,(H2,8,9);4H2,1-3H3. The van der Waals surface area contributed by atoms with Crippen LogP contribution in [0.15, 0.2) is 5.38 Å². The lowest BCUT2D eigenvalue weighted by Gasteiger charge is -2.13. The van der Waals surface area contributed by atoms with Crippen LogP contribution in [0.4, 0.5) is 5.13 Å². The molecule has 1 aromatic heterocycles. The Labute approximate surface area is 122 Å². The van der Waals surface area contributed by atoms with E-state index >= 15 is 0 Å². The minimum Gasteiger partial charge on any atom is -0.375 e. The number of halogens is 1. The van der Waals surface area contributed by atoms with Crippen molar-refractivity contribution in [2.45, 2.75) is 47.0 Å². The fourth-order valence-electron chi connectivity index (χ4n) is 0.833. The molecule has 2 N–H and O–H groups in total. The molecule has 0 aliphatic carbocycles. The Morgan fingerprint density at radius 3 is 1.94 bits per heavy atom. The van der Waals surface area contributed by atoms with Crippen molar-refractivity contribution in [1.29, 1.82) is 0 Å². The van der Waals surface area contributed by atoms with Gasteiger partial charge in [0.1, 0.15) is 5.78 Å². The minimum atomic E-state index is -0.177. The summed E-state index contributed by atoms with van der Waals surface area (Å²) >= 11 is 4.60. The second-order valence-electron chi connectivity index (χ2n) is 6.13. The molecule has 0 unspecified atom stereocenters. The summed E-state index contributed by atoms with van der Waals surface area (Å²) in [6.45, 7) is 12.1. The molecule has 1 heterocycles. The predicted octanol–water partition coefficient (Wildman–Crippen LogP) is 4.02. The number of carbonyl (C=O) groups is 1. The maximum Gasteiger partial charge on any atom is 0.180 e. The Kier molecular flexibility index (Phi) is 6.51. The van der Waals surface area contributed by atoms with Crippen molar-refractivity contribution >= 4 is 38.2 Å². The van der Waals surface area contributed by atoms with Crippen LogP contribution in [0.5, 0.6) is 0 Å². The molecule has 104 valence electrons. The summed E-state index contributed by atoms with van der Waals surface area (Å²) in [5, 5.41) is 3.14. The molecule has 1 aromatic rings. The van der Waals surface area contributed by atoms with Crippen molar-refractivity contribution in [2.75, 3.05) is 11.1 Å². The Balaban J connectivity index is 0.000000331. The van der Waals surface area contributed by atoms with Crippen LogP contribution in [0.3, 0.4) is 0 Å². The van der Waals surface area contributed by atoms with E-state index in [-0.39, 0.29) is 16.6 Å².